The molecule has 1 saturated heterocycles. The smallest absolute Gasteiger partial charge is 0.317 e. The molecule has 2 N–H and O–H groups in total. The summed E-state index contributed by atoms with van der Waals surface area (Å²) in [6.07, 6.45) is 3.80. The molecule has 2 amide bonds. The number of carbonyl (C=O) groups excluding carboxylic acids is 1. The van der Waals surface area contributed by atoms with E-state index in [2.05, 4.69) is 43.4 Å². The molecule has 1 heterocycles. The predicted octanol–water partition coefficient (Wildman–Crippen LogP) is 3.16. The summed E-state index contributed by atoms with van der Waals surface area (Å²) in [6.45, 7) is 6.77. The molecule has 1 fully saturated rings. The standard InChI is InChI=1S/C19H30N2O2/c1-3-19(4-2,17-8-6-5-7-9-17)15-20-18(23)21-12-10-16(14-22)11-13-21/h5-9,16,22H,3-4,10-15H2,1-2H3,(H,20,23). The third-order valence-corrected chi connectivity index (χ3v) is 5.48. The Morgan fingerprint density at radius 1 is 1.22 bits per heavy atom. The van der Waals surface area contributed by atoms with Crippen molar-refractivity contribution in [1.82, 2.24) is 10.2 Å². The van der Waals surface area contributed by atoms with E-state index in [4.69, 9.17) is 0 Å². The number of rotatable bonds is 6. The van der Waals surface area contributed by atoms with Crippen molar-refractivity contribution in [2.75, 3.05) is 26.2 Å². The zero-order chi connectivity index (χ0) is 16.7. The van der Waals surface area contributed by atoms with Crippen LogP contribution in [0.2, 0.25) is 0 Å². The largest absolute Gasteiger partial charge is 0.396 e. The molecule has 0 unspecified atom stereocenters. The Morgan fingerprint density at radius 2 is 1.83 bits per heavy atom. The van der Waals surface area contributed by atoms with Crippen molar-refractivity contribution in [3.05, 3.63) is 35.9 Å². The van der Waals surface area contributed by atoms with Crippen molar-refractivity contribution in [3.8, 4) is 0 Å². The summed E-state index contributed by atoms with van der Waals surface area (Å²) in [5, 5.41) is 12.3. The lowest BCUT2D eigenvalue weighted by Gasteiger charge is -2.35. The van der Waals surface area contributed by atoms with Crippen molar-refractivity contribution in [1.29, 1.82) is 0 Å². The van der Waals surface area contributed by atoms with Crippen LogP contribution in [0.5, 0.6) is 0 Å². The molecule has 1 aromatic carbocycles. The molecule has 4 nitrogen and oxygen atoms in total. The molecular weight excluding hydrogens is 288 g/mol. The van der Waals surface area contributed by atoms with Crippen LogP contribution in [0.15, 0.2) is 30.3 Å². The van der Waals surface area contributed by atoms with E-state index >= 15 is 0 Å². The lowest BCUT2D eigenvalue weighted by Crippen LogP contribution is -2.48. The SMILES string of the molecule is CCC(CC)(CNC(=O)N1CCC(CO)CC1)c1ccccc1. The van der Waals surface area contributed by atoms with E-state index in [9.17, 15) is 9.90 Å². The summed E-state index contributed by atoms with van der Waals surface area (Å²) in [7, 11) is 0. The first-order valence-corrected chi connectivity index (χ1v) is 8.84. The molecule has 0 radical (unpaired) electrons. The van der Waals surface area contributed by atoms with E-state index < -0.39 is 0 Å². The molecule has 2 rings (SSSR count). The Hall–Kier alpha value is -1.55. The summed E-state index contributed by atoms with van der Waals surface area (Å²) >= 11 is 0. The van der Waals surface area contributed by atoms with Gasteiger partial charge in [-0.15, -0.1) is 0 Å². The molecule has 0 aromatic heterocycles. The van der Waals surface area contributed by atoms with Gasteiger partial charge in [0.1, 0.15) is 0 Å². The van der Waals surface area contributed by atoms with Gasteiger partial charge in [0.25, 0.3) is 0 Å². The fourth-order valence-corrected chi connectivity index (χ4v) is 3.48. The molecule has 0 bridgehead atoms. The lowest BCUT2D eigenvalue weighted by atomic mass is 9.76. The quantitative estimate of drug-likeness (QED) is 0.846. The first kappa shape index (κ1) is 17.8. The number of likely N-dealkylation sites (tertiary alicyclic amines) is 1. The molecule has 1 aliphatic rings. The Labute approximate surface area is 139 Å². The van der Waals surface area contributed by atoms with E-state index in [1.54, 1.807) is 0 Å². The van der Waals surface area contributed by atoms with Crippen molar-refractivity contribution in [3.63, 3.8) is 0 Å². The average Bonchev–Trinajstić information content (AvgIpc) is 2.63. The van der Waals surface area contributed by atoms with Crippen molar-refractivity contribution >= 4 is 6.03 Å². The molecule has 0 spiro atoms. The summed E-state index contributed by atoms with van der Waals surface area (Å²) < 4.78 is 0. The van der Waals surface area contributed by atoms with Crippen LogP contribution in [0.4, 0.5) is 4.79 Å². The number of nitrogens with one attached hydrogen (secondary N) is 1. The number of piperidine rings is 1. The maximum absolute atomic E-state index is 12.5. The monoisotopic (exact) mass is 318 g/mol. The number of nitrogens with zero attached hydrogens (tertiary/aromatic N) is 1. The van der Waals surface area contributed by atoms with Crippen LogP contribution in [0.3, 0.4) is 0 Å². The van der Waals surface area contributed by atoms with E-state index in [1.807, 2.05) is 11.0 Å². The summed E-state index contributed by atoms with van der Waals surface area (Å²) in [4.78, 5) is 14.3. The number of amides is 2. The number of aliphatic hydroxyl groups is 1. The van der Waals surface area contributed by atoms with Crippen molar-refractivity contribution in [2.24, 2.45) is 5.92 Å². The first-order valence-electron chi connectivity index (χ1n) is 8.84. The fourth-order valence-electron chi connectivity index (χ4n) is 3.48. The van der Waals surface area contributed by atoms with Crippen molar-refractivity contribution in [2.45, 2.75) is 44.9 Å². The minimum Gasteiger partial charge on any atom is -0.396 e. The molecule has 0 saturated carbocycles. The van der Waals surface area contributed by atoms with Crippen LogP contribution in [-0.2, 0) is 5.41 Å². The highest BCUT2D eigenvalue weighted by Crippen LogP contribution is 2.31. The molecule has 4 heteroatoms. The second-order valence-electron chi connectivity index (χ2n) is 6.63. The number of urea groups is 1. The van der Waals surface area contributed by atoms with Crippen molar-refractivity contribution < 1.29 is 9.90 Å². The Morgan fingerprint density at radius 3 is 2.35 bits per heavy atom. The number of hydrogen-bond acceptors (Lipinski definition) is 2. The van der Waals surface area contributed by atoms with Gasteiger partial charge < -0.3 is 15.3 Å². The van der Waals surface area contributed by atoms with Crippen LogP contribution in [-0.4, -0.2) is 42.3 Å². The third kappa shape index (κ3) is 4.25. The van der Waals surface area contributed by atoms with Gasteiger partial charge in [-0.3, -0.25) is 0 Å². The molecular formula is C19H30N2O2. The van der Waals surface area contributed by atoms with Gasteiger partial charge in [0, 0.05) is 31.7 Å². The van der Waals surface area contributed by atoms with Gasteiger partial charge in [-0.1, -0.05) is 44.2 Å². The highest BCUT2D eigenvalue weighted by molar-refractivity contribution is 5.74. The minimum atomic E-state index is 0.000338. The summed E-state index contributed by atoms with van der Waals surface area (Å²) in [6, 6.07) is 10.5. The third-order valence-electron chi connectivity index (χ3n) is 5.48. The van der Waals surface area contributed by atoms with Gasteiger partial charge in [-0.05, 0) is 37.2 Å². The average molecular weight is 318 g/mol. The van der Waals surface area contributed by atoms with E-state index in [-0.39, 0.29) is 18.1 Å². The number of benzene rings is 1. The highest BCUT2D eigenvalue weighted by atomic mass is 16.3. The van der Waals surface area contributed by atoms with Gasteiger partial charge in [0.2, 0.25) is 0 Å². The van der Waals surface area contributed by atoms with E-state index in [1.165, 1.54) is 5.56 Å². The topological polar surface area (TPSA) is 52.6 Å². The zero-order valence-electron chi connectivity index (χ0n) is 14.4. The van der Waals surface area contributed by atoms with Gasteiger partial charge in [0.05, 0.1) is 0 Å². The van der Waals surface area contributed by atoms with Gasteiger partial charge in [0.15, 0.2) is 0 Å². The Balaban J connectivity index is 1.95. The van der Waals surface area contributed by atoms with Crippen LogP contribution >= 0.6 is 0 Å². The minimum absolute atomic E-state index is 0.000338. The normalized spacial score (nSPS) is 16.4. The van der Waals surface area contributed by atoms with Crippen LogP contribution in [0.1, 0.15) is 45.1 Å². The van der Waals surface area contributed by atoms with Gasteiger partial charge in [-0.25, -0.2) is 4.79 Å². The number of aliphatic hydroxyl groups excluding tert-OH is 1. The van der Waals surface area contributed by atoms with Gasteiger partial charge >= 0.3 is 6.03 Å². The second kappa shape index (κ2) is 8.34. The molecule has 128 valence electrons. The second-order valence-corrected chi connectivity index (χ2v) is 6.63. The number of hydrogen-bond donors (Lipinski definition) is 2. The lowest BCUT2D eigenvalue weighted by molar-refractivity contribution is 0.136. The van der Waals surface area contributed by atoms with Crippen LogP contribution < -0.4 is 5.32 Å². The van der Waals surface area contributed by atoms with E-state index in [0.29, 0.717) is 12.5 Å². The maximum Gasteiger partial charge on any atom is 0.317 e. The van der Waals surface area contributed by atoms with Gasteiger partial charge in [-0.2, -0.15) is 0 Å². The van der Waals surface area contributed by atoms with E-state index in [0.717, 1.165) is 38.8 Å². The maximum atomic E-state index is 12.5. The molecule has 0 atom stereocenters. The Bertz CT molecular complexity index is 477. The molecule has 1 aromatic rings. The van der Waals surface area contributed by atoms with Crippen LogP contribution in [0.25, 0.3) is 0 Å². The number of carbonyl (C=O) groups is 1. The fraction of sp³-hybridized carbons (Fsp3) is 0.632. The zero-order valence-corrected chi connectivity index (χ0v) is 14.4. The first-order chi connectivity index (χ1) is 11.1. The molecule has 23 heavy (non-hydrogen) atoms. The molecule has 0 aliphatic carbocycles. The predicted molar refractivity (Wildman–Crippen MR) is 93.5 cm³/mol. The summed E-state index contributed by atoms with van der Waals surface area (Å²) in [5.74, 6) is 0.355. The van der Waals surface area contributed by atoms with Crippen LogP contribution in [0, 0.1) is 5.92 Å². The highest BCUT2D eigenvalue weighted by Gasteiger charge is 2.30. The molecule has 1 aliphatic heterocycles. The summed E-state index contributed by atoms with van der Waals surface area (Å²) in [5.41, 5.74) is 1.30. The Kier molecular flexibility index (Phi) is 6.46.